The normalized spacial score (nSPS) is 22.0. The van der Waals surface area contributed by atoms with Crippen molar-refractivity contribution < 1.29 is 9.94 Å². The Hall–Kier alpha value is -1.59. The first kappa shape index (κ1) is 13.4. The topological polar surface area (TPSA) is 48.3 Å². The predicted octanol–water partition coefficient (Wildman–Crippen LogP) is 1.41. The lowest BCUT2D eigenvalue weighted by molar-refractivity contribution is 0.0392. The number of anilines is 1. The number of para-hydroxylation sites is 1. The van der Waals surface area contributed by atoms with Crippen LogP contribution in [-0.4, -0.2) is 61.8 Å². The van der Waals surface area contributed by atoms with E-state index >= 15 is 0 Å². The average Bonchev–Trinajstić information content (AvgIpc) is 2.53. The van der Waals surface area contributed by atoms with Crippen molar-refractivity contribution in [1.29, 1.82) is 0 Å². The van der Waals surface area contributed by atoms with Crippen molar-refractivity contribution >= 4 is 11.4 Å². The number of hydrogen-bond donors (Lipinski definition) is 1. The number of nitrogens with zero attached hydrogens (tertiary/aromatic N) is 3. The second kappa shape index (κ2) is 6.24. The first-order valence-corrected chi connectivity index (χ1v) is 7.24. The molecule has 1 aromatic rings. The van der Waals surface area contributed by atoms with Crippen LogP contribution in [0.1, 0.15) is 12.0 Å². The van der Waals surface area contributed by atoms with E-state index in [1.54, 1.807) is 0 Å². The SMILES string of the molecule is ON=C1CCN(CCN2CCOCC2)c2ccccc21. The Kier molecular flexibility index (Phi) is 4.18. The zero-order chi connectivity index (χ0) is 13.8. The van der Waals surface area contributed by atoms with E-state index in [0.29, 0.717) is 0 Å². The summed E-state index contributed by atoms with van der Waals surface area (Å²) in [4.78, 5) is 4.83. The van der Waals surface area contributed by atoms with Crippen LogP contribution in [0, 0.1) is 0 Å². The summed E-state index contributed by atoms with van der Waals surface area (Å²) in [7, 11) is 0. The van der Waals surface area contributed by atoms with Crippen molar-refractivity contribution in [1.82, 2.24) is 4.90 Å². The van der Waals surface area contributed by atoms with Crippen LogP contribution in [0.3, 0.4) is 0 Å². The van der Waals surface area contributed by atoms with Gasteiger partial charge in [-0.15, -0.1) is 0 Å². The number of rotatable bonds is 3. The zero-order valence-corrected chi connectivity index (χ0v) is 11.7. The number of benzene rings is 1. The van der Waals surface area contributed by atoms with Crippen molar-refractivity contribution in [2.75, 3.05) is 50.8 Å². The highest BCUT2D eigenvalue weighted by Crippen LogP contribution is 2.26. The molecule has 5 nitrogen and oxygen atoms in total. The van der Waals surface area contributed by atoms with Gasteiger partial charge >= 0.3 is 0 Å². The Balaban J connectivity index is 1.68. The molecule has 0 unspecified atom stereocenters. The molecule has 5 heteroatoms. The average molecular weight is 275 g/mol. The smallest absolute Gasteiger partial charge is 0.0906 e. The molecule has 1 fully saturated rings. The Morgan fingerprint density at radius 3 is 2.70 bits per heavy atom. The summed E-state index contributed by atoms with van der Waals surface area (Å²) >= 11 is 0. The highest BCUT2D eigenvalue weighted by molar-refractivity contribution is 6.06. The fraction of sp³-hybridized carbons (Fsp3) is 0.533. The summed E-state index contributed by atoms with van der Waals surface area (Å²) in [6, 6.07) is 8.18. The first-order valence-electron chi connectivity index (χ1n) is 7.24. The van der Waals surface area contributed by atoms with Gasteiger partial charge in [0.25, 0.3) is 0 Å². The molecule has 2 heterocycles. The number of fused-ring (bicyclic) bond motifs is 1. The van der Waals surface area contributed by atoms with Crippen LogP contribution in [0.2, 0.25) is 0 Å². The number of oxime groups is 1. The highest BCUT2D eigenvalue weighted by Gasteiger charge is 2.22. The van der Waals surface area contributed by atoms with Crippen molar-refractivity contribution in [2.45, 2.75) is 6.42 Å². The molecule has 3 rings (SSSR count). The third-order valence-electron chi connectivity index (χ3n) is 4.08. The fourth-order valence-electron chi connectivity index (χ4n) is 2.91. The van der Waals surface area contributed by atoms with Gasteiger partial charge in [0.2, 0.25) is 0 Å². The van der Waals surface area contributed by atoms with E-state index in [1.165, 1.54) is 5.69 Å². The number of hydrogen-bond acceptors (Lipinski definition) is 5. The first-order chi connectivity index (χ1) is 9.88. The molecular weight excluding hydrogens is 254 g/mol. The van der Waals surface area contributed by atoms with Crippen LogP contribution in [0.25, 0.3) is 0 Å². The second-order valence-corrected chi connectivity index (χ2v) is 5.25. The summed E-state index contributed by atoms with van der Waals surface area (Å²) < 4.78 is 5.38. The lowest BCUT2D eigenvalue weighted by Gasteiger charge is -2.34. The molecule has 0 spiro atoms. The summed E-state index contributed by atoms with van der Waals surface area (Å²) in [5, 5.41) is 12.5. The third kappa shape index (κ3) is 2.78. The highest BCUT2D eigenvalue weighted by atomic mass is 16.5. The maximum Gasteiger partial charge on any atom is 0.0906 e. The molecule has 0 bridgehead atoms. The fourth-order valence-corrected chi connectivity index (χ4v) is 2.91. The van der Waals surface area contributed by atoms with Gasteiger partial charge in [-0.3, -0.25) is 4.90 Å². The minimum absolute atomic E-state index is 0.795. The van der Waals surface area contributed by atoms with Gasteiger partial charge in [-0.2, -0.15) is 0 Å². The second-order valence-electron chi connectivity index (χ2n) is 5.25. The minimum Gasteiger partial charge on any atom is -0.411 e. The van der Waals surface area contributed by atoms with E-state index in [2.05, 4.69) is 21.0 Å². The van der Waals surface area contributed by atoms with E-state index in [9.17, 15) is 0 Å². The largest absolute Gasteiger partial charge is 0.411 e. The van der Waals surface area contributed by atoms with Crippen molar-refractivity contribution in [3.8, 4) is 0 Å². The molecular formula is C15H21N3O2. The monoisotopic (exact) mass is 275 g/mol. The lowest BCUT2D eigenvalue weighted by Crippen LogP contribution is -2.43. The number of morpholine rings is 1. The van der Waals surface area contributed by atoms with E-state index in [0.717, 1.165) is 63.6 Å². The van der Waals surface area contributed by atoms with Crippen molar-refractivity contribution in [3.05, 3.63) is 29.8 Å². The minimum atomic E-state index is 0.795. The Labute approximate surface area is 119 Å². The quantitative estimate of drug-likeness (QED) is 0.669. The third-order valence-corrected chi connectivity index (χ3v) is 4.08. The Morgan fingerprint density at radius 1 is 1.10 bits per heavy atom. The molecule has 0 aliphatic carbocycles. The molecule has 0 atom stereocenters. The standard InChI is InChI=1S/C15H21N3O2/c19-16-14-5-6-18(15-4-2-1-3-13(14)15)8-7-17-9-11-20-12-10-17/h1-4,19H,5-12H2. The molecule has 1 aromatic carbocycles. The summed E-state index contributed by atoms with van der Waals surface area (Å²) in [5.74, 6) is 0. The Morgan fingerprint density at radius 2 is 1.90 bits per heavy atom. The molecule has 1 N–H and O–H groups in total. The van der Waals surface area contributed by atoms with Crippen LogP contribution >= 0.6 is 0 Å². The van der Waals surface area contributed by atoms with Gasteiger partial charge in [0.05, 0.1) is 18.9 Å². The van der Waals surface area contributed by atoms with Gasteiger partial charge in [0.15, 0.2) is 0 Å². The van der Waals surface area contributed by atoms with Crippen LogP contribution < -0.4 is 4.90 Å². The van der Waals surface area contributed by atoms with E-state index in [4.69, 9.17) is 9.94 Å². The molecule has 108 valence electrons. The van der Waals surface area contributed by atoms with Crippen LogP contribution in [-0.2, 0) is 4.74 Å². The molecule has 2 aliphatic rings. The van der Waals surface area contributed by atoms with Gasteiger partial charge in [-0.1, -0.05) is 23.4 Å². The molecule has 2 aliphatic heterocycles. The van der Waals surface area contributed by atoms with E-state index in [-0.39, 0.29) is 0 Å². The van der Waals surface area contributed by atoms with Crippen LogP contribution in [0.15, 0.2) is 29.4 Å². The van der Waals surface area contributed by atoms with E-state index in [1.807, 2.05) is 18.2 Å². The summed E-state index contributed by atoms with van der Waals surface area (Å²) in [6.07, 6.45) is 0.802. The lowest BCUT2D eigenvalue weighted by atomic mass is 9.99. The predicted molar refractivity (Wildman–Crippen MR) is 78.9 cm³/mol. The molecule has 0 amide bonds. The van der Waals surface area contributed by atoms with E-state index < -0.39 is 0 Å². The van der Waals surface area contributed by atoms with Gasteiger partial charge in [0.1, 0.15) is 0 Å². The molecule has 0 aromatic heterocycles. The molecule has 0 saturated carbocycles. The van der Waals surface area contributed by atoms with Crippen LogP contribution in [0.5, 0.6) is 0 Å². The summed E-state index contributed by atoms with van der Waals surface area (Å²) in [5.41, 5.74) is 3.03. The van der Waals surface area contributed by atoms with Crippen molar-refractivity contribution in [3.63, 3.8) is 0 Å². The van der Waals surface area contributed by atoms with Gasteiger partial charge < -0.3 is 14.8 Å². The van der Waals surface area contributed by atoms with Crippen molar-refractivity contribution in [2.24, 2.45) is 5.16 Å². The van der Waals surface area contributed by atoms with Gasteiger partial charge in [-0.05, 0) is 6.07 Å². The maximum atomic E-state index is 9.11. The molecule has 0 radical (unpaired) electrons. The Bertz CT molecular complexity index is 484. The van der Waals surface area contributed by atoms with Gasteiger partial charge in [-0.25, -0.2) is 0 Å². The number of ether oxygens (including phenoxy) is 1. The maximum absolute atomic E-state index is 9.11. The molecule has 1 saturated heterocycles. The van der Waals surface area contributed by atoms with Gasteiger partial charge in [0, 0.05) is 50.4 Å². The summed E-state index contributed by atoms with van der Waals surface area (Å²) in [6.45, 7) is 6.73. The molecule has 20 heavy (non-hydrogen) atoms. The zero-order valence-electron chi connectivity index (χ0n) is 11.7. The van der Waals surface area contributed by atoms with Crippen LogP contribution in [0.4, 0.5) is 5.69 Å².